The molecule has 3 heteroatoms. The number of rotatable bonds is 0. The Labute approximate surface area is 52.1 Å². The highest BCUT2D eigenvalue weighted by atomic mass is 15.1. The van der Waals surface area contributed by atoms with Crippen molar-refractivity contribution in [3.63, 3.8) is 0 Å². The summed E-state index contributed by atoms with van der Waals surface area (Å²) >= 11 is 0. The first-order chi connectivity index (χ1) is 4.47. The molecular weight excluding hydrogens is 114 g/mol. The van der Waals surface area contributed by atoms with E-state index in [0.717, 1.165) is 11.4 Å². The molecule has 0 atom stereocenters. The number of aromatic amines is 1. The van der Waals surface area contributed by atoms with Crippen molar-refractivity contribution in [1.29, 1.82) is 0 Å². The van der Waals surface area contributed by atoms with Crippen LogP contribution in [-0.4, -0.2) is 15.2 Å². The van der Waals surface area contributed by atoms with Crippen molar-refractivity contribution >= 4 is 0 Å². The summed E-state index contributed by atoms with van der Waals surface area (Å²) in [7, 11) is 0. The van der Waals surface area contributed by atoms with E-state index in [0.29, 0.717) is 0 Å². The lowest BCUT2D eigenvalue weighted by atomic mass is 10.3. The molecule has 3 nitrogen and oxygen atoms in total. The Morgan fingerprint density at radius 2 is 2.56 bits per heavy atom. The van der Waals surface area contributed by atoms with Crippen LogP contribution in [-0.2, 0) is 0 Å². The second-order valence-electron chi connectivity index (χ2n) is 1.72. The molecule has 0 saturated carbocycles. The van der Waals surface area contributed by atoms with Gasteiger partial charge in [-0.05, 0) is 6.07 Å². The van der Waals surface area contributed by atoms with Crippen molar-refractivity contribution in [3.8, 4) is 11.4 Å². The van der Waals surface area contributed by atoms with Crippen LogP contribution in [0, 0.1) is 6.07 Å². The minimum atomic E-state index is 0.859. The number of nitrogens with one attached hydrogen (secondary N) is 1. The molecule has 2 rings (SSSR count). The van der Waals surface area contributed by atoms with Crippen LogP contribution in [0.3, 0.4) is 0 Å². The fourth-order valence-corrected chi connectivity index (χ4v) is 0.730. The predicted molar refractivity (Wildman–Crippen MR) is 31.8 cm³/mol. The predicted octanol–water partition coefficient (Wildman–Crippen LogP) is 0.710. The molecule has 0 bridgehead atoms. The summed E-state index contributed by atoms with van der Waals surface area (Å²) < 4.78 is 0. The van der Waals surface area contributed by atoms with Crippen molar-refractivity contribution in [2.24, 2.45) is 0 Å². The molecule has 2 aliphatic rings. The molecule has 43 valence electrons. The summed E-state index contributed by atoms with van der Waals surface area (Å²) in [5.41, 5.74) is 1.77. The normalized spacial score (nSPS) is 10.2. The minimum absolute atomic E-state index is 0.859. The molecule has 1 N–H and O–H groups in total. The zero-order valence-electron chi connectivity index (χ0n) is 4.63. The molecule has 0 aromatic carbocycles. The van der Waals surface area contributed by atoms with Gasteiger partial charge in [0, 0.05) is 18.5 Å². The van der Waals surface area contributed by atoms with Gasteiger partial charge in [-0.25, -0.2) is 0 Å². The lowest BCUT2D eigenvalue weighted by Gasteiger charge is -1.90. The first-order valence-electron chi connectivity index (χ1n) is 2.62. The summed E-state index contributed by atoms with van der Waals surface area (Å²) in [6.07, 6.45) is 3.30. The Morgan fingerprint density at radius 3 is 3.44 bits per heavy atom. The van der Waals surface area contributed by atoms with Crippen molar-refractivity contribution in [2.45, 2.75) is 0 Å². The van der Waals surface area contributed by atoms with Gasteiger partial charge in [0.25, 0.3) is 0 Å². The molecule has 2 heterocycles. The van der Waals surface area contributed by atoms with Gasteiger partial charge in [0.15, 0.2) is 0 Å². The summed E-state index contributed by atoms with van der Waals surface area (Å²) in [4.78, 5) is 3.99. The Kier molecular flexibility index (Phi) is 0.773. The van der Waals surface area contributed by atoms with Crippen molar-refractivity contribution in [1.82, 2.24) is 15.2 Å². The number of hydrogen-bond donors (Lipinski definition) is 1. The molecule has 0 spiro atoms. The molecule has 0 unspecified atom stereocenters. The highest BCUT2D eigenvalue weighted by Crippen LogP contribution is 2.11. The third-order valence-corrected chi connectivity index (χ3v) is 1.15. The van der Waals surface area contributed by atoms with E-state index in [1.165, 1.54) is 0 Å². The van der Waals surface area contributed by atoms with Crippen LogP contribution in [0.15, 0.2) is 18.5 Å². The maximum Gasteiger partial charge on any atom is 0.0914 e. The van der Waals surface area contributed by atoms with Crippen LogP contribution < -0.4 is 0 Å². The quantitative estimate of drug-likeness (QED) is 0.553. The van der Waals surface area contributed by atoms with Gasteiger partial charge in [0.1, 0.15) is 0 Å². The van der Waals surface area contributed by atoms with E-state index in [4.69, 9.17) is 0 Å². The lowest BCUT2D eigenvalue weighted by Crippen LogP contribution is -1.83. The summed E-state index contributed by atoms with van der Waals surface area (Å²) in [5, 5.41) is 6.55. The zero-order valence-corrected chi connectivity index (χ0v) is 4.63. The standard InChI is InChI=1S/C6H4N3/c1-3-7-5-2-4-8-9-6(1)5/h2-4,9H. The maximum atomic E-state index is 3.99. The van der Waals surface area contributed by atoms with Gasteiger partial charge in [-0.2, -0.15) is 5.10 Å². The largest absolute Gasteiger partial charge is 0.276 e. The number of fused-ring (bicyclic) bond motifs is 1. The third kappa shape index (κ3) is 0.579. The second-order valence-corrected chi connectivity index (χ2v) is 1.72. The van der Waals surface area contributed by atoms with Gasteiger partial charge in [0.2, 0.25) is 0 Å². The van der Waals surface area contributed by atoms with E-state index in [1.807, 2.05) is 6.07 Å². The van der Waals surface area contributed by atoms with E-state index in [2.05, 4.69) is 21.2 Å². The monoisotopic (exact) mass is 118 g/mol. The number of H-pyrrole nitrogens is 1. The molecule has 0 amide bonds. The average molecular weight is 118 g/mol. The van der Waals surface area contributed by atoms with Gasteiger partial charge in [0.05, 0.1) is 11.4 Å². The van der Waals surface area contributed by atoms with Crippen LogP contribution in [0.2, 0.25) is 0 Å². The topological polar surface area (TPSA) is 41.6 Å². The fourth-order valence-electron chi connectivity index (χ4n) is 0.730. The first kappa shape index (κ1) is 4.49. The minimum Gasteiger partial charge on any atom is -0.276 e. The first-order valence-corrected chi connectivity index (χ1v) is 2.62. The van der Waals surface area contributed by atoms with Crippen LogP contribution in [0.4, 0.5) is 0 Å². The molecule has 0 aromatic rings. The molecule has 2 aliphatic heterocycles. The molecule has 0 fully saturated rings. The number of aromatic nitrogens is 3. The zero-order chi connectivity index (χ0) is 6.10. The van der Waals surface area contributed by atoms with Crippen LogP contribution in [0.25, 0.3) is 11.4 Å². The number of hydrogen-bond acceptors (Lipinski definition) is 2. The Balaban J connectivity index is 2.79. The van der Waals surface area contributed by atoms with Gasteiger partial charge in [-0.1, -0.05) is 0 Å². The third-order valence-electron chi connectivity index (χ3n) is 1.15. The fraction of sp³-hybridized carbons (Fsp3) is 0. The van der Waals surface area contributed by atoms with E-state index in [9.17, 15) is 0 Å². The molecule has 9 heavy (non-hydrogen) atoms. The second kappa shape index (κ2) is 1.55. The molecule has 1 radical (unpaired) electrons. The lowest BCUT2D eigenvalue weighted by molar-refractivity contribution is 1.03. The van der Waals surface area contributed by atoms with Crippen molar-refractivity contribution < 1.29 is 0 Å². The van der Waals surface area contributed by atoms with Gasteiger partial charge in [-0.3, -0.25) is 10.1 Å². The summed E-state index contributed by atoms with van der Waals surface area (Å²) in [6, 6.07) is 4.73. The Morgan fingerprint density at radius 1 is 1.56 bits per heavy atom. The SMILES string of the molecule is [c]1cnc2ccn[nH]c1-2. The van der Waals surface area contributed by atoms with Crippen LogP contribution >= 0.6 is 0 Å². The average Bonchev–Trinajstić information content (AvgIpc) is 2.33. The maximum absolute atomic E-state index is 3.99. The number of nitrogens with zero attached hydrogens (tertiary/aromatic N) is 2. The highest BCUT2D eigenvalue weighted by molar-refractivity contribution is 5.53. The smallest absolute Gasteiger partial charge is 0.0914 e. The Hall–Kier alpha value is -1.38. The molecule has 0 aromatic heterocycles. The Bertz CT molecular complexity index is 248. The van der Waals surface area contributed by atoms with Crippen molar-refractivity contribution in [3.05, 3.63) is 24.5 Å². The van der Waals surface area contributed by atoms with Gasteiger partial charge >= 0.3 is 0 Å². The highest BCUT2D eigenvalue weighted by Gasteiger charge is 1.99. The van der Waals surface area contributed by atoms with E-state index in [-0.39, 0.29) is 0 Å². The summed E-state index contributed by atoms with van der Waals surface area (Å²) in [6.45, 7) is 0. The van der Waals surface area contributed by atoms with E-state index >= 15 is 0 Å². The van der Waals surface area contributed by atoms with E-state index in [1.54, 1.807) is 12.4 Å². The van der Waals surface area contributed by atoms with Gasteiger partial charge < -0.3 is 0 Å². The molecule has 0 aliphatic carbocycles. The van der Waals surface area contributed by atoms with Crippen LogP contribution in [0.1, 0.15) is 0 Å². The van der Waals surface area contributed by atoms with Crippen molar-refractivity contribution in [2.75, 3.05) is 0 Å². The summed E-state index contributed by atoms with van der Waals surface area (Å²) in [5.74, 6) is 0. The van der Waals surface area contributed by atoms with Gasteiger partial charge in [-0.15, -0.1) is 0 Å². The van der Waals surface area contributed by atoms with E-state index < -0.39 is 0 Å². The van der Waals surface area contributed by atoms with Crippen LogP contribution in [0.5, 0.6) is 0 Å². The molecule has 0 saturated heterocycles. The molecular formula is C6H4N3.